The molecule has 18 heavy (non-hydrogen) atoms. The van der Waals surface area contributed by atoms with Gasteiger partial charge in [0.05, 0.1) is 18.7 Å². The zero-order chi connectivity index (χ0) is 13.3. The lowest BCUT2D eigenvalue weighted by molar-refractivity contribution is 0.0651. The van der Waals surface area contributed by atoms with Gasteiger partial charge in [0.15, 0.2) is 0 Å². The van der Waals surface area contributed by atoms with Crippen LogP contribution in [-0.4, -0.2) is 23.3 Å². The fourth-order valence-electron chi connectivity index (χ4n) is 2.02. The molecule has 0 aliphatic carbocycles. The summed E-state index contributed by atoms with van der Waals surface area (Å²) in [5.41, 5.74) is 1.04. The van der Waals surface area contributed by atoms with Gasteiger partial charge in [-0.1, -0.05) is 26.2 Å². The molecule has 2 heterocycles. The Hall–Kier alpha value is -0.200. The van der Waals surface area contributed by atoms with Crippen molar-refractivity contribution >= 4 is 55.0 Å². The van der Waals surface area contributed by atoms with Gasteiger partial charge in [-0.3, -0.25) is 14.5 Å². The van der Waals surface area contributed by atoms with Gasteiger partial charge in [-0.2, -0.15) is 0 Å². The average molecular weight is 395 g/mol. The first-order chi connectivity index (χ1) is 8.57. The summed E-state index contributed by atoms with van der Waals surface area (Å²) in [6.07, 6.45) is 4.23. The number of carbonyl (C=O) groups excluding carboxylic acids is 2. The van der Waals surface area contributed by atoms with E-state index in [1.54, 1.807) is 0 Å². The molecule has 1 aromatic rings. The molecule has 2 amide bonds. The second-order valence-corrected chi connectivity index (χ2v) is 7.88. The molecule has 0 saturated carbocycles. The number of hydrogen-bond acceptors (Lipinski definition) is 3. The number of halogens is 2. The standard InChI is InChI=1S/C12H13Br2NO2S/c1-2-3-4-5-6-15-11(16)7-8(12(15)17)10(14)18-9(7)13/h2-6H2,1H3. The van der Waals surface area contributed by atoms with Crippen LogP contribution in [0.1, 0.15) is 53.3 Å². The Bertz CT molecular complexity index is 462. The van der Waals surface area contributed by atoms with Crippen LogP contribution in [0.5, 0.6) is 0 Å². The highest BCUT2D eigenvalue weighted by atomic mass is 79.9. The molecule has 0 fully saturated rings. The van der Waals surface area contributed by atoms with Gasteiger partial charge >= 0.3 is 0 Å². The van der Waals surface area contributed by atoms with E-state index in [2.05, 4.69) is 38.8 Å². The molecule has 1 aliphatic heterocycles. The predicted molar refractivity (Wildman–Crippen MR) is 79.2 cm³/mol. The molecule has 3 nitrogen and oxygen atoms in total. The highest BCUT2D eigenvalue weighted by Crippen LogP contribution is 2.41. The zero-order valence-corrected chi connectivity index (χ0v) is 14.0. The van der Waals surface area contributed by atoms with Crippen molar-refractivity contribution in [3.63, 3.8) is 0 Å². The first-order valence-electron chi connectivity index (χ1n) is 5.92. The van der Waals surface area contributed by atoms with Gasteiger partial charge in [0, 0.05) is 6.54 Å². The van der Waals surface area contributed by atoms with Crippen LogP contribution < -0.4 is 0 Å². The molecule has 0 radical (unpaired) electrons. The van der Waals surface area contributed by atoms with Gasteiger partial charge in [0.1, 0.15) is 0 Å². The van der Waals surface area contributed by atoms with Crippen molar-refractivity contribution in [1.82, 2.24) is 4.90 Å². The van der Waals surface area contributed by atoms with Crippen molar-refractivity contribution in [3.8, 4) is 0 Å². The lowest BCUT2D eigenvalue weighted by Crippen LogP contribution is -2.31. The summed E-state index contributed by atoms with van der Waals surface area (Å²) in [5.74, 6) is -0.333. The Morgan fingerprint density at radius 1 is 1.00 bits per heavy atom. The van der Waals surface area contributed by atoms with Crippen molar-refractivity contribution in [2.24, 2.45) is 0 Å². The van der Waals surface area contributed by atoms with Crippen LogP contribution in [0.4, 0.5) is 0 Å². The number of rotatable bonds is 5. The topological polar surface area (TPSA) is 37.4 Å². The second-order valence-electron chi connectivity index (χ2n) is 4.22. The Balaban J connectivity index is 2.11. The molecule has 0 aromatic carbocycles. The van der Waals surface area contributed by atoms with E-state index < -0.39 is 0 Å². The minimum Gasteiger partial charge on any atom is -0.274 e. The molecule has 6 heteroatoms. The third-order valence-electron chi connectivity index (χ3n) is 2.98. The van der Waals surface area contributed by atoms with Crippen molar-refractivity contribution in [3.05, 3.63) is 18.7 Å². The molecule has 0 unspecified atom stereocenters. The number of amides is 2. The van der Waals surface area contributed by atoms with E-state index in [-0.39, 0.29) is 11.8 Å². The van der Waals surface area contributed by atoms with Crippen LogP contribution in [0.25, 0.3) is 0 Å². The Kier molecular flexibility index (Phi) is 4.61. The smallest absolute Gasteiger partial charge is 0.263 e. The van der Waals surface area contributed by atoms with E-state index in [0.29, 0.717) is 17.7 Å². The van der Waals surface area contributed by atoms with Crippen LogP contribution in [0, 0.1) is 0 Å². The molecular formula is C12H13Br2NO2S. The Labute approximate surface area is 127 Å². The molecule has 1 aliphatic rings. The van der Waals surface area contributed by atoms with Crippen LogP contribution in [0.15, 0.2) is 7.57 Å². The first-order valence-corrected chi connectivity index (χ1v) is 8.32. The summed E-state index contributed by atoms with van der Waals surface area (Å²) in [4.78, 5) is 25.7. The number of fused-ring (bicyclic) bond motifs is 1. The summed E-state index contributed by atoms with van der Waals surface area (Å²) in [6.45, 7) is 2.66. The lowest BCUT2D eigenvalue weighted by Gasteiger charge is -2.13. The highest BCUT2D eigenvalue weighted by molar-refractivity contribution is 9.12. The minimum atomic E-state index is -0.166. The maximum atomic E-state index is 12.2. The van der Waals surface area contributed by atoms with Crippen molar-refractivity contribution < 1.29 is 9.59 Å². The van der Waals surface area contributed by atoms with Crippen LogP contribution in [-0.2, 0) is 0 Å². The first kappa shape index (κ1) is 14.2. The summed E-state index contributed by atoms with van der Waals surface area (Å²) < 4.78 is 1.47. The molecule has 0 saturated heterocycles. The van der Waals surface area contributed by atoms with E-state index in [1.807, 2.05) is 0 Å². The largest absolute Gasteiger partial charge is 0.274 e. The fourth-order valence-corrected chi connectivity index (χ4v) is 5.12. The predicted octanol–water partition coefficient (Wildman–Crippen LogP) is 4.45. The van der Waals surface area contributed by atoms with E-state index in [1.165, 1.54) is 16.2 Å². The number of thiophene rings is 1. The van der Waals surface area contributed by atoms with Gasteiger partial charge in [-0.05, 0) is 38.3 Å². The van der Waals surface area contributed by atoms with E-state index in [0.717, 1.165) is 33.3 Å². The second kappa shape index (κ2) is 5.84. The van der Waals surface area contributed by atoms with Gasteiger partial charge < -0.3 is 0 Å². The number of carbonyl (C=O) groups is 2. The van der Waals surface area contributed by atoms with Gasteiger partial charge in [0.25, 0.3) is 11.8 Å². The molecule has 0 bridgehead atoms. The van der Waals surface area contributed by atoms with Crippen molar-refractivity contribution in [2.45, 2.75) is 32.6 Å². The molecule has 1 aromatic heterocycles. The monoisotopic (exact) mass is 393 g/mol. The summed E-state index contributed by atoms with van der Waals surface area (Å²) in [7, 11) is 0. The Morgan fingerprint density at radius 2 is 1.56 bits per heavy atom. The number of unbranched alkanes of at least 4 members (excludes halogenated alkanes) is 3. The molecule has 0 atom stereocenters. The minimum absolute atomic E-state index is 0.166. The molecule has 0 N–H and O–H groups in total. The zero-order valence-electron chi connectivity index (χ0n) is 9.96. The van der Waals surface area contributed by atoms with Crippen LogP contribution in [0.3, 0.4) is 0 Å². The molecule has 0 spiro atoms. The fraction of sp³-hybridized carbons (Fsp3) is 0.500. The molecule has 2 rings (SSSR count). The Morgan fingerprint density at radius 3 is 2.06 bits per heavy atom. The van der Waals surface area contributed by atoms with E-state index >= 15 is 0 Å². The third kappa shape index (κ3) is 2.42. The number of imide groups is 1. The summed E-state index contributed by atoms with van der Waals surface area (Å²) in [5, 5.41) is 0. The maximum Gasteiger partial charge on any atom is 0.263 e. The van der Waals surface area contributed by atoms with Gasteiger partial charge in [-0.15, -0.1) is 11.3 Å². The van der Waals surface area contributed by atoms with Gasteiger partial charge in [-0.25, -0.2) is 0 Å². The van der Waals surface area contributed by atoms with Gasteiger partial charge in [0.2, 0.25) is 0 Å². The number of hydrogen-bond donors (Lipinski definition) is 0. The van der Waals surface area contributed by atoms with Crippen LogP contribution in [0.2, 0.25) is 0 Å². The average Bonchev–Trinajstić information content (AvgIpc) is 2.75. The van der Waals surface area contributed by atoms with E-state index in [4.69, 9.17) is 0 Å². The lowest BCUT2D eigenvalue weighted by atomic mass is 10.2. The quantitative estimate of drug-likeness (QED) is 0.546. The van der Waals surface area contributed by atoms with E-state index in [9.17, 15) is 9.59 Å². The molecular weight excluding hydrogens is 382 g/mol. The maximum absolute atomic E-state index is 12.2. The number of nitrogens with zero attached hydrogens (tertiary/aromatic N) is 1. The summed E-state index contributed by atoms with van der Waals surface area (Å²) in [6, 6.07) is 0. The van der Waals surface area contributed by atoms with Crippen molar-refractivity contribution in [2.75, 3.05) is 6.54 Å². The summed E-state index contributed by atoms with van der Waals surface area (Å²) >= 11 is 8.07. The normalized spacial score (nSPS) is 14.5. The SMILES string of the molecule is CCCCCCN1C(=O)c2c(Br)sc(Br)c2C1=O. The highest BCUT2D eigenvalue weighted by Gasteiger charge is 2.40. The third-order valence-corrected chi connectivity index (χ3v) is 5.51. The van der Waals surface area contributed by atoms with Crippen molar-refractivity contribution in [1.29, 1.82) is 0 Å². The molecule has 98 valence electrons. The van der Waals surface area contributed by atoms with Crippen LogP contribution >= 0.6 is 43.2 Å².